The Hall–Kier alpha value is -3.35. The number of benzene rings is 2. The van der Waals surface area contributed by atoms with Gasteiger partial charge in [-0.15, -0.1) is 0 Å². The molecule has 2 heterocycles. The van der Waals surface area contributed by atoms with E-state index in [-0.39, 0.29) is 12.7 Å². The van der Waals surface area contributed by atoms with Crippen molar-refractivity contribution in [3.8, 4) is 11.5 Å². The van der Waals surface area contributed by atoms with Crippen LogP contribution in [0.25, 0.3) is 0 Å². The van der Waals surface area contributed by atoms with Crippen LogP contribution in [0.3, 0.4) is 0 Å². The molecule has 7 nitrogen and oxygen atoms in total. The third-order valence-corrected chi connectivity index (χ3v) is 4.77. The van der Waals surface area contributed by atoms with Gasteiger partial charge in [0.05, 0.1) is 11.1 Å². The number of fused-ring (bicyclic) bond motifs is 2. The fourth-order valence-electron chi connectivity index (χ4n) is 3.47. The van der Waals surface area contributed by atoms with Crippen molar-refractivity contribution in [1.29, 1.82) is 0 Å². The van der Waals surface area contributed by atoms with Gasteiger partial charge in [0.1, 0.15) is 6.04 Å². The topological polar surface area (TPSA) is 84.9 Å². The first-order chi connectivity index (χ1) is 13.5. The molecule has 28 heavy (non-hydrogen) atoms. The summed E-state index contributed by atoms with van der Waals surface area (Å²) in [4.78, 5) is 39.8. The zero-order chi connectivity index (χ0) is 19.8. The molecule has 0 aromatic heterocycles. The summed E-state index contributed by atoms with van der Waals surface area (Å²) in [5.74, 6) is -0.0333. The van der Waals surface area contributed by atoms with Gasteiger partial charge < -0.3 is 14.8 Å². The Kier molecular flexibility index (Phi) is 4.50. The molecule has 0 saturated heterocycles. The van der Waals surface area contributed by atoms with Gasteiger partial charge in [-0.2, -0.15) is 0 Å². The molecule has 0 saturated carbocycles. The molecule has 0 radical (unpaired) electrons. The number of rotatable bonds is 5. The lowest BCUT2D eigenvalue weighted by atomic mass is 10.0. The average Bonchev–Trinajstić information content (AvgIpc) is 3.23. The Morgan fingerprint density at radius 1 is 1.04 bits per heavy atom. The highest BCUT2D eigenvalue weighted by molar-refractivity contribution is 6.23. The number of anilines is 1. The van der Waals surface area contributed by atoms with Gasteiger partial charge in [-0.1, -0.05) is 26.0 Å². The molecule has 0 fully saturated rings. The minimum atomic E-state index is -0.905. The van der Waals surface area contributed by atoms with Crippen LogP contribution in [-0.2, 0) is 4.79 Å². The van der Waals surface area contributed by atoms with Crippen molar-refractivity contribution in [1.82, 2.24) is 4.90 Å². The van der Waals surface area contributed by atoms with E-state index >= 15 is 0 Å². The lowest BCUT2D eigenvalue weighted by Crippen LogP contribution is -2.47. The summed E-state index contributed by atoms with van der Waals surface area (Å²) < 4.78 is 10.6. The summed E-state index contributed by atoms with van der Waals surface area (Å²) in [5, 5.41) is 2.80. The number of ether oxygens (including phenoxy) is 2. The molecule has 144 valence electrons. The lowest BCUT2D eigenvalue weighted by molar-refractivity contribution is -0.120. The van der Waals surface area contributed by atoms with Crippen LogP contribution in [0.1, 0.15) is 41.0 Å². The van der Waals surface area contributed by atoms with E-state index in [4.69, 9.17) is 9.47 Å². The summed E-state index contributed by atoms with van der Waals surface area (Å²) in [6.45, 7) is 4.02. The highest BCUT2D eigenvalue weighted by atomic mass is 16.7. The molecule has 4 rings (SSSR count). The van der Waals surface area contributed by atoms with Gasteiger partial charge in [0.2, 0.25) is 12.7 Å². The van der Waals surface area contributed by atoms with Gasteiger partial charge in [0, 0.05) is 11.8 Å². The monoisotopic (exact) mass is 380 g/mol. The van der Waals surface area contributed by atoms with Crippen molar-refractivity contribution >= 4 is 23.4 Å². The van der Waals surface area contributed by atoms with Crippen molar-refractivity contribution in [2.45, 2.75) is 26.3 Å². The molecule has 1 atom stereocenters. The third-order valence-electron chi connectivity index (χ3n) is 4.77. The van der Waals surface area contributed by atoms with Crippen LogP contribution < -0.4 is 14.8 Å². The Morgan fingerprint density at radius 2 is 1.68 bits per heavy atom. The van der Waals surface area contributed by atoms with Crippen LogP contribution in [0.2, 0.25) is 0 Å². The predicted octanol–water partition coefficient (Wildman–Crippen LogP) is 3.06. The number of hydrogen-bond donors (Lipinski definition) is 1. The van der Waals surface area contributed by atoms with Crippen molar-refractivity contribution in [2.75, 3.05) is 12.1 Å². The molecule has 2 aliphatic rings. The minimum absolute atomic E-state index is 0.108. The second-order valence-electron chi connectivity index (χ2n) is 7.23. The van der Waals surface area contributed by atoms with E-state index in [0.29, 0.717) is 34.7 Å². The van der Waals surface area contributed by atoms with Gasteiger partial charge in [-0.3, -0.25) is 19.3 Å². The number of nitrogens with one attached hydrogen (secondary N) is 1. The highest BCUT2D eigenvalue weighted by Gasteiger charge is 2.42. The second-order valence-corrected chi connectivity index (χ2v) is 7.23. The van der Waals surface area contributed by atoms with Gasteiger partial charge in [-0.05, 0) is 36.6 Å². The van der Waals surface area contributed by atoms with E-state index in [1.807, 2.05) is 13.8 Å². The maximum absolute atomic E-state index is 13.0. The third kappa shape index (κ3) is 3.09. The number of imide groups is 1. The fourth-order valence-corrected chi connectivity index (χ4v) is 3.47. The number of nitrogens with zero attached hydrogens (tertiary/aromatic N) is 1. The maximum Gasteiger partial charge on any atom is 0.262 e. The van der Waals surface area contributed by atoms with E-state index < -0.39 is 23.8 Å². The largest absolute Gasteiger partial charge is 0.454 e. The highest BCUT2D eigenvalue weighted by Crippen LogP contribution is 2.34. The Morgan fingerprint density at radius 3 is 2.32 bits per heavy atom. The zero-order valence-corrected chi connectivity index (χ0v) is 15.6. The zero-order valence-electron chi connectivity index (χ0n) is 15.6. The van der Waals surface area contributed by atoms with Gasteiger partial charge >= 0.3 is 0 Å². The summed E-state index contributed by atoms with van der Waals surface area (Å²) in [5.41, 5.74) is 1.17. The van der Waals surface area contributed by atoms with E-state index in [2.05, 4.69) is 5.32 Å². The molecule has 2 aliphatic heterocycles. The van der Waals surface area contributed by atoms with E-state index in [1.54, 1.807) is 42.5 Å². The minimum Gasteiger partial charge on any atom is -0.454 e. The summed E-state index contributed by atoms with van der Waals surface area (Å²) in [6, 6.07) is 10.8. The summed E-state index contributed by atoms with van der Waals surface area (Å²) in [7, 11) is 0. The van der Waals surface area contributed by atoms with Crippen LogP contribution in [0.5, 0.6) is 11.5 Å². The molecule has 2 aromatic rings. The van der Waals surface area contributed by atoms with Crippen LogP contribution in [-0.4, -0.2) is 35.5 Å². The summed E-state index contributed by atoms with van der Waals surface area (Å²) >= 11 is 0. The quantitative estimate of drug-likeness (QED) is 0.806. The number of hydrogen-bond acceptors (Lipinski definition) is 5. The summed E-state index contributed by atoms with van der Waals surface area (Å²) in [6.07, 6.45) is 0.363. The van der Waals surface area contributed by atoms with E-state index in [1.165, 1.54) is 0 Å². The molecule has 1 unspecified atom stereocenters. The standard InChI is InChI=1S/C21H20N2O5/c1-12(2)9-16(23-20(25)14-5-3-4-6-15(14)21(23)26)19(24)22-13-7-8-17-18(10-13)28-11-27-17/h3-8,10,12,16H,9,11H2,1-2H3,(H,22,24). The molecular weight excluding hydrogens is 360 g/mol. The Labute approximate surface area is 162 Å². The Balaban J connectivity index is 1.61. The van der Waals surface area contributed by atoms with E-state index in [9.17, 15) is 14.4 Å². The second kappa shape index (κ2) is 6.99. The van der Waals surface area contributed by atoms with Crippen molar-refractivity contribution in [3.63, 3.8) is 0 Å². The average molecular weight is 380 g/mol. The fraction of sp³-hybridized carbons (Fsp3) is 0.286. The van der Waals surface area contributed by atoms with Gasteiger partial charge in [0.25, 0.3) is 11.8 Å². The number of carbonyl (C=O) groups is 3. The molecular formula is C21H20N2O5. The van der Waals surface area contributed by atoms with Crippen LogP contribution in [0, 0.1) is 5.92 Å². The smallest absolute Gasteiger partial charge is 0.262 e. The molecule has 0 spiro atoms. The van der Waals surface area contributed by atoms with Crippen molar-refractivity contribution in [2.24, 2.45) is 5.92 Å². The van der Waals surface area contributed by atoms with Crippen LogP contribution in [0.15, 0.2) is 42.5 Å². The predicted molar refractivity (Wildman–Crippen MR) is 101 cm³/mol. The first-order valence-corrected chi connectivity index (χ1v) is 9.13. The lowest BCUT2D eigenvalue weighted by Gasteiger charge is -2.26. The normalized spacial score (nSPS) is 15.8. The molecule has 3 amide bonds. The number of amides is 3. The SMILES string of the molecule is CC(C)CC(C(=O)Nc1ccc2c(c1)OCO2)N1C(=O)c2ccccc2C1=O. The molecule has 7 heteroatoms. The van der Waals surface area contributed by atoms with Crippen molar-refractivity contribution in [3.05, 3.63) is 53.6 Å². The molecule has 0 aliphatic carbocycles. The van der Waals surface area contributed by atoms with Gasteiger partial charge in [-0.25, -0.2) is 0 Å². The molecule has 1 N–H and O–H groups in total. The van der Waals surface area contributed by atoms with Crippen LogP contribution >= 0.6 is 0 Å². The molecule has 2 aromatic carbocycles. The Bertz CT molecular complexity index is 934. The maximum atomic E-state index is 13.0. The number of carbonyl (C=O) groups excluding carboxylic acids is 3. The van der Waals surface area contributed by atoms with Gasteiger partial charge in [0.15, 0.2) is 11.5 Å². The van der Waals surface area contributed by atoms with Crippen LogP contribution in [0.4, 0.5) is 5.69 Å². The molecule has 0 bridgehead atoms. The first-order valence-electron chi connectivity index (χ1n) is 9.13. The van der Waals surface area contributed by atoms with Crippen molar-refractivity contribution < 1.29 is 23.9 Å². The van der Waals surface area contributed by atoms with E-state index in [0.717, 1.165) is 4.90 Å². The first kappa shape index (κ1) is 18.0.